The molecule has 0 unspecified atom stereocenters. The second-order valence-electron chi connectivity index (χ2n) is 7.90. The smallest absolute Gasteiger partial charge is 0.410 e. The quantitative estimate of drug-likeness (QED) is 0.377. The maximum Gasteiger partial charge on any atom is 0.410 e. The molecule has 4 N–H and O–H groups in total. The SMILES string of the molecule is CCC[C@@H](C(=O)NNC(=O)[C@@H]1CCN(C(=O)OC(C)(C)C)C1)N(CC)C(=O)NO. The van der Waals surface area contributed by atoms with E-state index in [4.69, 9.17) is 9.94 Å². The highest BCUT2D eigenvalue weighted by molar-refractivity contribution is 5.89. The number of hydrogen-bond donors (Lipinski definition) is 4. The summed E-state index contributed by atoms with van der Waals surface area (Å²) in [5.41, 5.74) is 5.61. The number of rotatable bonds is 6. The third-order valence-electron chi connectivity index (χ3n) is 4.46. The first kappa shape index (κ1) is 24.5. The fourth-order valence-corrected chi connectivity index (χ4v) is 3.05. The van der Waals surface area contributed by atoms with Gasteiger partial charge in [0.25, 0.3) is 5.91 Å². The molecule has 0 aromatic heterocycles. The summed E-state index contributed by atoms with van der Waals surface area (Å²) in [6, 6.07) is -1.64. The molecular weight excluding hydrogens is 382 g/mol. The van der Waals surface area contributed by atoms with E-state index in [9.17, 15) is 19.2 Å². The van der Waals surface area contributed by atoms with E-state index in [2.05, 4.69) is 10.9 Å². The Bertz CT molecular complexity index is 606. The van der Waals surface area contributed by atoms with Crippen molar-refractivity contribution in [3.8, 4) is 0 Å². The third-order valence-corrected chi connectivity index (χ3v) is 4.46. The van der Waals surface area contributed by atoms with Crippen molar-refractivity contribution in [3.05, 3.63) is 0 Å². The molecule has 0 aromatic rings. The van der Waals surface area contributed by atoms with Gasteiger partial charge in [-0.1, -0.05) is 13.3 Å². The van der Waals surface area contributed by atoms with Crippen LogP contribution in [0.2, 0.25) is 0 Å². The lowest BCUT2D eigenvalue weighted by Gasteiger charge is -2.29. The molecule has 1 heterocycles. The number of amides is 5. The number of hydrazine groups is 1. The van der Waals surface area contributed by atoms with Crippen molar-refractivity contribution in [1.29, 1.82) is 0 Å². The van der Waals surface area contributed by atoms with Gasteiger partial charge in [0.15, 0.2) is 0 Å². The number of hydrogen-bond acceptors (Lipinski definition) is 6. The first-order valence-electron chi connectivity index (χ1n) is 9.82. The largest absolute Gasteiger partial charge is 0.444 e. The van der Waals surface area contributed by atoms with E-state index in [1.165, 1.54) is 15.3 Å². The van der Waals surface area contributed by atoms with Crippen LogP contribution in [0.4, 0.5) is 9.59 Å². The maximum atomic E-state index is 12.5. The van der Waals surface area contributed by atoms with Gasteiger partial charge in [-0.25, -0.2) is 15.1 Å². The summed E-state index contributed by atoms with van der Waals surface area (Å²) < 4.78 is 5.30. The molecule has 2 atom stereocenters. The van der Waals surface area contributed by atoms with Crippen LogP contribution in [-0.2, 0) is 14.3 Å². The Labute approximate surface area is 171 Å². The van der Waals surface area contributed by atoms with Crippen molar-refractivity contribution in [2.24, 2.45) is 5.92 Å². The van der Waals surface area contributed by atoms with Gasteiger partial charge in [-0.15, -0.1) is 0 Å². The Balaban J connectivity index is 2.61. The van der Waals surface area contributed by atoms with Crippen LogP contribution in [0, 0.1) is 5.92 Å². The standard InChI is InChI=1S/C18H33N5O6/c1-6-8-13(23(7-2)16(26)21-28)15(25)20-19-14(24)12-9-10-22(11-12)17(27)29-18(3,4)5/h12-13,28H,6-11H2,1-5H3,(H,19,24)(H,20,25)(H,21,26)/t12-,13+/m1/s1. The molecule has 1 rings (SSSR count). The predicted molar refractivity (Wildman–Crippen MR) is 104 cm³/mol. The van der Waals surface area contributed by atoms with Crippen molar-refractivity contribution < 1.29 is 29.1 Å². The van der Waals surface area contributed by atoms with E-state index < -0.39 is 41.5 Å². The van der Waals surface area contributed by atoms with E-state index in [1.54, 1.807) is 27.7 Å². The van der Waals surface area contributed by atoms with Gasteiger partial charge in [-0.2, -0.15) is 0 Å². The Kier molecular flexibility index (Phi) is 9.15. The van der Waals surface area contributed by atoms with Gasteiger partial charge in [-0.05, 0) is 40.5 Å². The van der Waals surface area contributed by atoms with Gasteiger partial charge in [0.1, 0.15) is 11.6 Å². The Morgan fingerprint density at radius 2 is 1.86 bits per heavy atom. The number of nitrogens with zero attached hydrogens (tertiary/aromatic N) is 2. The second-order valence-corrected chi connectivity index (χ2v) is 7.90. The molecule has 11 heteroatoms. The highest BCUT2D eigenvalue weighted by atomic mass is 16.6. The number of urea groups is 1. The zero-order valence-corrected chi connectivity index (χ0v) is 17.8. The van der Waals surface area contributed by atoms with Crippen LogP contribution in [0.1, 0.15) is 53.9 Å². The number of carbonyl (C=O) groups excluding carboxylic acids is 4. The van der Waals surface area contributed by atoms with Crippen LogP contribution >= 0.6 is 0 Å². The van der Waals surface area contributed by atoms with E-state index in [0.717, 1.165) is 0 Å². The Morgan fingerprint density at radius 1 is 1.21 bits per heavy atom. The summed E-state index contributed by atoms with van der Waals surface area (Å²) in [6.45, 7) is 9.62. The molecule has 1 fully saturated rings. The third kappa shape index (κ3) is 7.41. The molecule has 0 radical (unpaired) electrons. The van der Waals surface area contributed by atoms with Crippen molar-refractivity contribution in [2.45, 2.75) is 65.5 Å². The molecule has 166 valence electrons. The fraction of sp³-hybridized carbons (Fsp3) is 0.778. The summed E-state index contributed by atoms with van der Waals surface area (Å²) in [7, 11) is 0. The molecule has 0 saturated carbocycles. The lowest BCUT2D eigenvalue weighted by atomic mass is 10.1. The lowest BCUT2D eigenvalue weighted by molar-refractivity contribution is -0.133. The van der Waals surface area contributed by atoms with E-state index in [-0.39, 0.29) is 13.1 Å². The monoisotopic (exact) mass is 415 g/mol. The van der Waals surface area contributed by atoms with Crippen molar-refractivity contribution in [1.82, 2.24) is 26.1 Å². The number of hydroxylamine groups is 1. The number of likely N-dealkylation sites (N-methyl/N-ethyl adjacent to an activating group) is 1. The van der Waals surface area contributed by atoms with Crippen LogP contribution in [0.25, 0.3) is 0 Å². The molecule has 0 spiro atoms. The van der Waals surface area contributed by atoms with E-state index in [1.807, 2.05) is 6.92 Å². The highest BCUT2D eigenvalue weighted by Crippen LogP contribution is 2.19. The topological polar surface area (TPSA) is 140 Å². The summed E-state index contributed by atoms with van der Waals surface area (Å²) in [5.74, 6) is -1.46. The van der Waals surface area contributed by atoms with Crippen LogP contribution in [0.15, 0.2) is 0 Å². The van der Waals surface area contributed by atoms with E-state index in [0.29, 0.717) is 25.8 Å². The minimum absolute atomic E-state index is 0.197. The molecule has 0 aromatic carbocycles. The summed E-state index contributed by atoms with van der Waals surface area (Å²) in [6.07, 6.45) is 0.953. The number of likely N-dealkylation sites (tertiary alicyclic amines) is 1. The van der Waals surface area contributed by atoms with Crippen LogP contribution in [0.5, 0.6) is 0 Å². The normalized spacial score (nSPS) is 17.3. The molecule has 1 aliphatic rings. The zero-order chi connectivity index (χ0) is 22.2. The first-order valence-corrected chi connectivity index (χ1v) is 9.82. The predicted octanol–water partition coefficient (Wildman–Crippen LogP) is 0.980. The zero-order valence-electron chi connectivity index (χ0n) is 17.8. The molecule has 0 bridgehead atoms. The van der Waals surface area contributed by atoms with Gasteiger partial charge >= 0.3 is 12.1 Å². The number of nitrogens with one attached hydrogen (secondary N) is 3. The van der Waals surface area contributed by atoms with Crippen molar-refractivity contribution >= 4 is 23.9 Å². The van der Waals surface area contributed by atoms with Gasteiger partial charge in [-0.3, -0.25) is 25.6 Å². The highest BCUT2D eigenvalue weighted by Gasteiger charge is 2.34. The van der Waals surface area contributed by atoms with Gasteiger partial charge in [0, 0.05) is 19.6 Å². The Morgan fingerprint density at radius 3 is 2.38 bits per heavy atom. The van der Waals surface area contributed by atoms with E-state index >= 15 is 0 Å². The second kappa shape index (κ2) is 10.8. The minimum Gasteiger partial charge on any atom is -0.444 e. The molecule has 29 heavy (non-hydrogen) atoms. The molecule has 5 amide bonds. The molecule has 0 aliphatic carbocycles. The molecule has 11 nitrogen and oxygen atoms in total. The molecule has 1 aliphatic heterocycles. The van der Waals surface area contributed by atoms with Crippen molar-refractivity contribution in [3.63, 3.8) is 0 Å². The van der Waals surface area contributed by atoms with Gasteiger partial charge in [0.2, 0.25) is 5.91 Å². The first-order chi connectivity index (χ1) is 13.5. The lowest BCUT2D eigenvalue weighted by Crippen LogP contribution is -2.56. The van der Waals surface area contributed by atoms with Crippen LogP contribution in [0.3, 0.4) is 0 Å². The summed E-state index contributed by atoms with van der Waals surface area (Å²) in [4.78, 5) is 51.3. The molecular formula is C18H33N5O6. The average molecular weight is 415 g/mol. The van der Waals surface area contributed by atoms with Crippen LogP contribution in [-0.4, -0.2) is 70.2 Å². The molecule has 1 saturated heterocycles. The van der Waals surface area contributed by atoms with Crippen LogP contribution < -0.4 is 16.3 Å². The van der Waals surface area contributed by atoms with Gasteiger partial charge < -0.3 is 14.5 Å². The minimum atomic E-state index is -0.848. The Hall–Kier alpha value is -2.56. The fourth-order valence-electron chi connectivity index (χ4n) is 3.05. The summed E-state index contributed by atoms with van der Waals surface area (Å²) >= 11 is 0. The maximum absolute atomic E-state index is 12.5. The number of carbonyl (C=O) groups is 4. The van der Waals surface area contributed by atoms with Crippen molar-refractivity contribution in [2.75, 3.05) is 19.6 Å². The summed E-state index contributed by atoms with van der Waals surface area (Å²) in [5, 5.41) is 8.85. The average Bonchev–Trinajstić information content (AvgIpc) is 3.14. The number of ether oxygens (including phenoxy) is 1. The van der Waals surface area contributed by atoms with Gasteiger partial charge in [0.05, 0.1) is 5.92 Å².